The summed E-state index contributed by atoms with van der Waals surface area (Å²) in [5, 5.41) is 3.39. The maximum atomic E-state index is 11.4. The van der Waals surface area contributed by atoms with Crippen LogP contribution in [0.15, 0.2) is 24.3 Å². The van der Waals surface area contributed by atoms with Crippen LogP contribution in [0.4, 0.5) is 0 Å². The minimum atomic E-state index is -0.387. The number of carbonyl (C=O) groups is 2. The number of hydrogen-bond donors (Lipinski definition) is 1. The first-order valence-electron chi connectivity index (χ1n) is 5.68. The fourth-order valence-electron chi connectivity index (χ4n) is 1.49. The van der Waals surface area contributed by atoms with Crippen molar-refractivity contribution in [2.24, 2.45) is 0 Å². The summed E-state index contributed by atoms with van der Waals surface area (Å²) in [4.78, 5) is 22.8. The molecule has 0 aliphatic rings. The van der Waals surface area contributed by atoms with Crippen LogP contribution in [0.2, 0.25) is 5.02 Å². The molecular weight excluding hydrogens is 254 g/mol. The highest BCUT2D eigenvalue weighted by Gasteiger charge is 2.18. The Labute approximate surface area is 111 Å². The summed E-state index contributed by atoms with van der Waals surface area (Å²) in [6.07, 6.45) is 0.467. The fourth-order valence-corrected chi connectivity index (χ4v) is 1.62. The molecule has 0 radical (unpaired) electrons. The minimum absolute atomic E-state index is 0.101. The molecule has 18 heavy (non-hydrogen) atoms. The van der Waals surface area contributed by atoms with Crippen molar-refractivity contribution in [3.63, 3.8) is 0 Å². The summed E-state index contributed by atoms with van der Waals surface area (Å²) in [5.74, 6) is -0.481. The van der Waals surface area contributed by atoms with Gasteiger partial charge in [-0.15, -0.1) is 0 Å². The number of ether oxygens (including phenoxy) is 1. The molecule has 0 saturated carbocycles. The molecule has 1 N–H and O–H groups in total. The van der Waals surface area contributed by atoms with Crippen molar-refractivity contribution in [2.45, 2.75) is 25.8 Å². The lowest BCUT2D eigenvalue weighted by Gasteiger charge is -2.17. The molecule has 0 heterocycles. The second kappa shape index (κ2) is 7.01. The minimum Gasteiger partial charge on any atom is -0.469 e. The lowest BCUT2D eigenvalue weighted by atomic mass is 10.0. The molecule has 0 fully saturated rings. The van der Waals surface area contributed by atoms with Crippen molar-refractivity contribution < 1.29 is 14.3 Å². The van der Waals surface area contributed by atoms with Crippen LogP contribution < -0.4 is 5.32 Å². The zero-order valence-corrected chi connectivity index (χ0v) is 11.2. The Kier molecular flexibility index (Phi) is 5.65. The van der Waals surface area contributed by atoms with Gasteiger partial charge in [0.25, 0.3) is 0 Å². The van der Waals surface area contributed by atoms with Gasteiger partial charge >= 0.3 is 5.97 Å². The van der Waals surface area contributed by atoms with Gasteiger partial charge in [0.2, 0.25) is 5.91 Å². The van der Waals surface area contributed by atoms with E-state index < -0.39 is 0 Å². The van der Waals surface area contributed by atoms with Crippen molar-refractivity contribution >= 4 is 23.5 Å². The smallest absolute Gasteiger partial charge is 0.307 e. The maximum absolute atomic E-state index is 11.4. The molecule has 0 aromatic heterocycles. The number of rotatable bonds is 5. The van der Waals surface area contributed by atoms with E-state index in [4.69, 9.17) is 11.6 Å². The van der Waals surface area contributed by atoms with Crippen LogP contribution in [0, 0.1) is 0 Å². The molecule has 0 bridgehead atoms. The number of methoxy groups -OCH3 is 1. The van der Waals surface area contributed by atoms with Crippen LogP contribution in [0.25, 0.3) is 0 Å². The third-order valence-corrected chi connectivity index (χ3v) is 2.78. The summed E-state index contributed by atoms with van der Waals surface area (Å²) in [6, 6.07) is 6.62. The zero-order valence-electron chi connectivity index (χ0n) is 10.4. The van der Waals surface area contributed by atoms with Gasteiger partial charge in [-0.3, -0.25) is 9.59 Å². The number of esters is 1. The predicted molar refractivity (Wildman–Crippen MR) is 69.3 cm³/mol. The highest BCUT2D eigenvalue weighted by Crippen LogP contribution is 2.20. The van der Waals surface area contributed by atoms with E-state index in [-0.39, 0.29) is 24.3 Å². The molecule has 1 unspecified atom stereocenters. The van der Waals surface area contributed by atoms with Crippen LogP contribution in [0.3, 0.4) is 0 Å². The van der Waals surface area contributed by atoms with Crippen LogP contribution in [-0.2, 0) is 14.3 Å². The second-order valence-corrected chi connectivity index (χ2v) is 4.24. The number of hydrogen-bond acceptors (Lipinski definition) is 3. The van der Waals surface area contributed by atoms with Gasteiger partial charge in [0.05, 0.1) is 19.6 Å². The second-order valence-electron chi connectivity index (χ2n) is 3.81. The predicted octanol–water partition coefficient (Wildman–Crippen LogP) is 2.47. The molecule has 1 aromatic rings. The van der Waals surface area contributed by atoms with Crippen LogP contribution in [0.5, 0.6) is 0 Å². The Morgan fingerprint density at radius 1 is 1.33 bits per heavy atom. The number of nitrogens with one attached hydrogen (secondary N) is 1. The van der Waals surface area contributed by atoms with Crippen molar-refractivity contribution in [3.8, 4) is 0 Å². The molecule has 0 aliphatic heterocycles. The van der Waals surface area contributed by atoms with E-state index in [1.807, 2.05) is 0 Å². The van der Waals surface area contributed by atoms with Gasteiger partial charge in [-0.1, -0.05) is 30.7 Å². The summed E-state index contributed by atoms with van der Waals surface area (Å²) < 4.78 is 4.62. The summed E-state index contributed by atoms with van der Waals surface area (Å²) in [6.45, 7) is 1.76. The third-order valence-electron chi connectivity index (χ3n) is 2.53. The monoisotopic (exact) mass is 269 g/mol. The lowest BCUT2D eigenvalue weighted by Crippen LogP contribution is -2.29. The van der Waals surface area contributed by atoms with Gasteiger partial charge in [-0.05, 0) is 17.7 Å². The summed E-state index contributed by atoms with van der Waals surface area (Å²) in [7, 11) is 1.32. The zero-order chi connectivity index (χ0) is 13.5. The number of carbonyl (C=O) groups excluding carboxylic acids is 2. The van der Waals surface area contributed by atoms with Gasteiger partial charge in [0, 0.05) is 11.4 Å². The number of amides is 1. The van der Waals surface area contributed by atoms with Crippen molar-refractivity contribution in [2.75, 3.05) is 7.11 Å². The molecular formula is C13H16ClNO3. The van der Waals surface area contributed by atoms with Crippen molar-refractivity contribution in [3.05, 3.63) is 34.9 Å². The van der Waals surface area contributed by atoms with Crippen molar-refractivity contribution in [1.82, 2.24) is 5.32 Å². The molecule has 1 amide bonds. The average Bonchev–Trinajstić information content (AvgIpc) is 2.38. The highest BCUT2D eigenvalue weighted by molar-refractivity contribution is 6.30. The Balaban J connectivity index is 2.85. The molecule has 0 spiro atoms. The van der Waals surface area contributed by atoms with E-state index in [9.17, 15) is 9.59 Å². The van der Waals surface area contributed by atoms with Gasteiger partial charge in [-0.2, -0.15) is 0 Å². The Hall–Kier alpha value is -1.55. The molecule has 0 saturated heterocycles. The molecule has 1 rings (SSSR count). The normalized spacial score (nSPS) is 11.7. The molecule has 98 valence electrons. The fraction of sp³-hybridized carbons (Fsp3) is 0.385. The quantitative estimate of drug-likeness (QED) is 0.836. The highest BCUT2D eigenvalue weighted by atomic mass is 35.5. The van der Waals surface area contributed by atoms with E-state index in [2.05, 4.69) is 10.1 Å². The molecule has 5 heteroatoms. The molecule has 1 aromatic carbocycles. The number of halogens is 1. The van der Waals surface area contributed by atoms with E-state index in [0.29, 0.717) is 11.4 Å². The van der Waals surface area contributed by atoms with Gasteiger partial charge in [0.1, 0.15) is 0 Å². The topological polar surface area (TPSA) is 55.4 Å². The first-order chi connectivity index (χ1) is 8.56. The molecule has 4 nitrogen and oxygen atoms in total. The first kappa shape index (κ1) is 14.5. The van der Waals surface area contributed by atoms with Crippen molar-refractivity contribution in [1.29, 1.82) is 0 Å². The lowest BCUT2D eigenvalue weighted by molar-refractivity contribution is -0.141. The Bertz CT molecular complexity index is 399. The van der Waals surface area contributed by atoms with Gasteiger partial charge in [-0.25, -0.2) is 0 Å². The van der Waals surface area contributed by atoms with E-state index in [1.54, 1.807) is 31.2 Å². The van der Waals surface area contributed by atoms with Gasteiger partial charge in [0.15, 0.2) is 0 Å². The van der Waals surface area contributed by atoms with Gasteiger partial charge < -0.3 is 10.1 Å². The third kappa shape index (κ3) is 4.37. The van der Waals surface area contributed by atoms with Crippen LogP contribution >= 0.6 is 11.6 Å². The standard InChI is InChI=1S/C13H16ClNO3/c1-3-12(16)15-11(8-13(17)18-2)9-4-6-10(14)7-5-9/h4-7,11H,3,8H2,1-2H3,(H,15,16). The SMILES string of the molecule is CCC(=O)NC(CC(=O)OC)c1ccc(Cl)cc1. The van der Waals surface area contributed by atoms with E-state index in [0.717, 1.165) is 5.56 Å². The molecule has 1 atom stereocenters. The Morgan fingerprint density at radius 2 is 1.94 bits per heavy atom. The van der Waals surface area contributed by atoms with E-state index >= 15 is 0 Å². The average molecular weight is 270 g/mol. The van der Waals surface area contributed by atoms with Crippen LogP contribution in [-0.4, -0.2) is 19.0 Å². The first-order valence-corrected chi connectivity index (χ1v) is 6.06. The summed E-state index contributed by atoms with van der Waals surface area (Å²) >= 11 is 5.80. The molecule has 0 aliphatic carbocycles. The number of benzene rings is 1. The van der Waals surface area contributed by atoms with E-state index in [1.165, 1.54) is 7.11 Å². The Morgan fingerprint density at radius 3 is 2.44 bits per heavy atom. The van der Waals surface area contributed by atoms with Crippen LogP contribution in [0.1, 0.15) is 31.4 Å². The largest absolute Gasteiger partial charge is 0.469 e. The maximum Gasteiger partial charge on any atom is 0.307 e. The summed E-state index contributed by atoms with van der Waals surface area (Å²) in [5.41, 5.74) is 0.826.